The molecule has 2 aromatic carbocycles. The highest BCUT2D eigenvalue weighted by Gasteiger charge is 2.35. The lowest BCUT2D eigenvalue weighted by Crippen LogP contribution is -2.48. The van der Waals surface area contributed by atoms with Crippen molar-refractivity contribution in [2.45, 2.75) is 45.6 Å². The summed E-state index contributed by atoms with van der Waals surface area (Å²) in [4.78, 5) is 14.4. The van der Waals surface area contributed by atoms with E-state index in [4.69, 9.17) is 9.47 Å². The van der Waals surface area contributed by atoms with Gasteiger partial charge in [-0.05, 0) is 80.6 Å². The summed E-state index contributed by atoms with van der Waals surface area (Å²) in [5.74, 6) is 1.49. The summed E-state index contributed by atoms with van der Waals surface area (Å²) in [5, 5.41) is 4.08. The van der Waals surface area contributed by atoms with E-state index in [1.165, 1.54) is 11.3 Å². The maximum absolute atomic E-state index is 12.0. The molecular weight excluding hydrogens is 378 g/mol. The van der Waals surface area contributed by atoms with Gasteiger partial charge in [-0.2, -0.15) is 5.10 Å². The first-order chi connectivity index (χ1) is 14.3. The second kappa shape index (κ2) is 9.20. The predicted octanol–water partition coefficient (Wildman–Crippen LogP) is 4.34. The molecule has 0 aromatic heterocycles. The number of nitrogens with zero attached hydrogens (tertiary/aromatic N) is 2. The average molecular weight is 410 g/mol. The first-order valence-electron chi connectivity index (χ1n) is 10.3. The molecule has 0 spiro atoms. The van der Waals surface area contributed by atoms with Crippen LogP contribution in [0, 0.1) is 0 Å². The van der Waals surface area contributed by atoms with Crippen LogP contribution in [-0.4, -0.2) is 37.9 Å². The number of hydrogen-bond acceptors (Lipinski definition) is 5. The van der Waals surface area contributed by atoms with Crippen molar-refractivity contribution in [3.63, 3.8) is 0 Å². The molecule has 0 radical (unpaired) electrons. The Morgan fingerprint density at radius 3 is 2.60 bits per heavy atom. The van der Waals surface area contributed by atoms with Gasteiger partial charge in [0.2, 0.25) is 0 Å². The van der Waals surface area contributed by atoms with Crippen LogP contribution in [0.3, 0.4) is 0 Å². The first kappa shape index (κ1) is 21.7. The highest BCUT2D eigenvalue weighted by atomic mass is 16.5. The average Bonchev–Trinajstić information content (AvgIpc) is 2.72. The van der Waals surface area contributed by atoms with Crippen molar-refractivity contribution in [3.05, 3.63) is 53.6 Å². The number of ether oxygens (including phenoxy) is 2. The third kappa shape index (κ3) is 4.93. The zero-order valence-corrected chi connectivity index (χ0v) is 18.4. The molecule has 0 fully saturated rings. The summed E-state index contributed by atoms with van der Waals surface area (Å²) in [7, 11) is 1.60. The normalized spacial score (nSPS) is 17.5. The van der Waals surface area contributed by atoms with E-state index in [0.717, 1.165) is 24.3 Å². The summed E-state index contributed by atoms with van der Waals surface area (Å²) in [5.41, 5.74) is 6.25. The topological polar surface area (TPSA) is 63.2 Å². The quantitative estimate of drug-likeness (QED) is 0.546. The highest BCUT2D eigenvalue weighted by molar-refractivity contribution is 5.84. The second-order valence-corrected chi connectivity index (χ2v) is 8.24. The number of methoxy groups -OCH3 is 1. The van der Waals surface area contributed by atoms with Crippen molar-refractivity contribution in [2.75, 3.05) is 25.2 Å². The van der Waals surface area contributed by atoms with Crippen molar-refractivity contribution >= 4 is 17.8 Å². The number of fused-ring (bicyclic) bond motifs is 1. The molecule has 6 nitrogen and oxygen atoms in total. The Morgan fingerprint density at radius 2 is 1.93 bits per heavy atom. The smallest absolute Gasteiger partial charge is 0.277 e. The number of carbonyl (C=O) groups is 1. The van der Waals surface area contributed by atoms with Crippen LogP contribution in [0.4, 0.5) is 5.69 Å². The summed E-state index contributed by atoms with van der Waals surface area (Å²) in [6.45, 7) is 9.94. The second-order valence-electron chi connectivity index (χ2n) is 8.24. The molecule has 1 aliphatic rings. The van der Waals surface area contributed by atoms with Crippen LogP contribution in [-0.2, 0) is 4.79 Å². The number of nitrogens with one attached hydrogen (secondary N) is 1. The van der Waals surface area contributed by atoms with Gasteiger partial charge in [0.25, 0.3) is 5.91 Å². The fraction of sp³-hybridized carbons (Fsp3) is 0.417. The van der Waals surface area contributed by atoms with Gasteiger partial charge in [0, 0.05) is 17.8 Å². The Balaban J connectivity index is 1.58. The number of rotatable bonds is 7. The van der Waals surface area contributed by atoms with Crippen LogP contribution in [0.1, 0.15) is 51.2 Å². The zero-order valence-electron chi connectivity index (χ0n) is 18.4. The number of hydrazone groups is 1. The Labute approximate surface area is 178 Å². The minimum atomic E-state index is -0.313. The fourth-order valence-electron chi connectivity index (χ4n) is 4.22. The molecule has 0 saturated carbocycles. The lowest BCUT2D eigenvalue weighted by molar-refractivity contribution is -0.123. The summed E-state index contributed by atoms with van der Waals surface area (Å²) in [6, 6.07) is 13.4. The van der Waals surface area contributed by atoms with Gasteiger partial charge in [-0.1, -0.05) is 13.0 Å². The number of amides is 1. The lowest BCUT2D eigenvalue weighted by Gasteiger charge is -2.47. The molecule has 2 aromatic rings. The Morgan fingerprint density at radius 1 is 1.23 bits per heavy atom. The SMILES string of the molecule is CCN1c2ccc(/C=N/NC(=O)COc3ccc(OC)cc3)cc2[C@H](C)CC1(C)C. The van der Waals surface area contributed by atoms with E-state index in [2.05, 4.69) is 55.3 Å². The van der Waals surface area contributed by atoms with Gasteiger partial charge < -0.3 is 14.4 Å². The van der Waals surface area contributed by atoms with E-state index in [9.17, 15) is 4.79 Å². The molecule has 0 unspecified atom stereocenters. The third-order valence-corrected chi connectivity index (χ3v) is 5.56. The van der Waals surface area contributed by atoms with E-state index < -0.39 is 0 Å². The number of carbonyl (C=O) groups excluding carboxylic acids is 1. The van der Waals surface area contributed by atoms with Gasteiger partial charge in [-0.15, -0.1) is 0 Å². The summed E-state index contributed by atoms with van der Waals surface area (Å²) < 4.78 is 10.6. The molecule has 0 saturated heterocycles. The lowest BCUT2D eigenvalue weighted by atomic mass is 9.79. The molecule has 1 aliphatic heterocycles. The van der Waals surface area contributed by atoms with Gasteiger partial charge in [0.05, 0.1) is 13.3 Å². The van der Waals surface area contributed by atoms with Crippen molar-refractivity contribution < 1.29 is 14.3 Å². The van der Waals surface area contributed by atoms with Gasteiger partial charge in [0.1, 0.15) is 11.5 Å². The predicted molar refractivity (Wildman–Crippen MR) is 121 cm³/mol. The summed E-state index contributed by atoms with van der Waals surface area (Å²) in [6.07, 6.45) is 2.78. The molecule has 6 heteroatoms. The van der Waals surface area contributed by atoms with Gasteiger partial charge in [0.15, 0.2) is 6.61 Å². The zero-order chi connectivity index (χ0) is 21.7. The van der Waals surface area contributed by atoms with Crippen LogP contribution in [0.2, 0.25) is 0 Å². The molecule has 3 rings (SSSR count). The number of hydrogen-bond donors (Lipinski definition) is 1. The van der Waals surface area contributed by atoms with Crippen LogP contribution < -0.4 is 19.8 Å². The molecule has 0 aliphatic carbocycles. The minimum absolute atomic E-state index is 0.106. The van der Waals surface area contributed by atoms with Crippen LogP contribution in [0.15, 0.2) is 47.6 Å². The molecule has 1 N–H and O–H groups in total. The van der Waals surface area contributed by atoms with E-state index in [1.807, 2.05) is 6.07 Å². The van der Waals surface area contributed by atoms with Crippen LogP contribution >= 0.6 is 0 Å². The standard InChI is InChI=1S/C24H31N3O3/c1-6-27-22-12-7-18(13-21(22)17(2)14-24(27,3)4)15-25-26-23(28)16-30-20-10-8-19(29-5)9-11-20/h7-13,15,17H,6,14,16H2,1-5H3,(H,26,28)/b25-15+/t17-/m1/s1. The van der Waals surface area contributed by atoms with Gasteiger partial charge in [-0.3, -0.25) is 4.79 Å². The fourth-order valence-corrected chi connectivity index (χ4v) is 4.22. The highest BCUT2D eigenvalue weighted by Crippen LogP contribution is 2.43. The number of anilines is 1. The minimum Gasteiger partial charge on any atom is -0.497 e. The monoisotopic (exact) mass is 409 g/mol. The van der Waals surface area contributed by atoms with E-state index >= 15 is 0 Å². The van der Waals surface area contributed by atoms with Crippen molar-refractivity contribution in [2.24, 2.45) is 5.10 Å². The Bertz CT molecular complexity index is 906. The molecule has 0 bridgehead atoms. The van der Waals surface area contributed by atoms with Gasteiger partial charge >= 0.3 is 0 Å². The molecular formula is C24H31N3O3. The summed E-state index contributed by atoms with van der Waals surface area (Å²) >= 11 is 0. The molecule has 1 atom stereocenters. The molecule has 1 heterocycles. The van der Waals surface area contributed by atoms with Gasteiger partial charge in [-0.25, -0.2) is 5.43 Å². The maximum Gasteiger partial charge on any atom is 0.277 e. The first-order valence-corrected chi connectivity index (χ1v) is 10.3. The molecule has 1 amide bonds. The Kier molecular flexibility index (Phi) is 6.65. The van der Waals surface area contributed by atoms with E-state index in [0.29, 0.717) is 11.7 Å². The maximum atomic E-state index is 12.0. The van der Waals surface area contributed by atoms with Crippen molar-refractivity contribution in [3.8, 4) is 11.5 Å². The van der Waals surface area contributed by atoms with Crippen LogP contribution in [0.5, 0.6) is 11.5 Å². The largest absolute Gasteiger partial charge is 0.497 e. The Hall–Kier alpha value is -3.02. The molecule has 160 valence electrons. The van der Waals surface area contributed by atoms with Crippen molar-refractivity contribution in [1.29, 1.82) is 0 Å². The number of benzene rings is 2. The molecule has 30 heavy (non-hydrogen) atoms. The third-order valence-electron chi connectivity index (χ3n) is 5.56. The van der Waals surface area contributed by atoms with Crippen molar-refractivity contribution in [1.82, 2.24) is 5.43 Å². The van der Waals surface area contributed by atoms with Crippen LogP contribution in [0.25, 0.3) is 0 Å². The van der Waals surface area contributed by atoms with E-state index in [-0.39, 0.29) is 18.1 Å². The van der Waals surface area contributed by atoms with E-state index in [1.54, 1.807) is 37.6 Å².